The molecule has 0 amide bonds. The number of primary sulfonamides is 1. The number of Topliss-reactive ketones (excluding diaryl/α,β-unsaturated/α-hetero) is 1. The van der Waals surface area contributed by atoms with Crippen molar-refractivity contribution in [3.63, 3.8) is 0 Å². The number of phenolic OH excluding ortho intramolecular Hbond substituents is 1. The van der Waals surface area contributed by atoms with Gasteiger partial charge in [0.25, 0.3) is 0 Å². The van der Waals surface area contributed by atoms with Crippen LogP contribution in [0.3, 0.4) is 0 Å². The van der Waals surface area contributed by atoms with Gasteiger partial charge in [-0.25, -0.2) is 13.6 Å². The molecule has 0 aromatic heterocycles. The summed E-state index contributed by atoms with van der Waals surface area (Å²) < 4.78 is 22.8. The molecule has 4 rings (SSSR count). The second-order valence-electron chi connectivity index (χ2n) is 9.55. The number of phenols is 1. The van der Waals surface area contributed by atoms with Crippen LogP contribution in [-0.2, 0) is 33.1 Å². The monoisotopic (exact) mass is 456 g/mol. The standard InChI is InChI=1S/C25H32N2O4S/c1-17-24-14-19-8-9-20(28)15-23(19)25(17,12-13-27(24)2)16-21(29)5-3-4-18-6-10-22(11-7-18)32(26,30)31/h6-11,15,17,24,28H,3-5,12-14,16H2,1-2H3,(H2,26,30,31)/t17-,24+,25+/m0/s1. The minimum absolute atomic E-state index is 0.0986. The van der Waals surface area contributed by atoms with E-state index in [9.17, 15) is 18.3 Å². The Morgan fingerprint density at radius 2 is 1.94 bits per heavy atom. The number of likely N-dealkylation sites (tertiary alicyclic amines) is 1. The number of nitrogens with two attached hydrogens (primary N) is 1. The van der Waals surface area contributed by atoms with E-state index in [1.165, 1.54) is 17.7 Å². The maximum atomic E-state index is 13.1. The molecule has 0 spiro atoms. The lowest BCUT2D eigenvalue weighted by molar-refractivity contribution is -0.122. The molecule has 1 saturated heterocycles. The molecule has 2 aliphatic rings. The van der Waals surface area contributed by atoms with Crippen LogP contribution < -0.4 is 5.14 Å². The van der Waals surface area contributed by atoms with Gasteiger partial charge in [-0.2, -0.15) is 0 Å². The summed E-state index contributed by atoms with van der Waals surface area (Å²) in [5.74, 6) is 0.853. The van der Waals surface area contributed by atoms with E-state index in [0.717, 1.165) is 30.5 Å². The van der Waals surface area contributed by atoms with Gasteiger partial charge in [-0.3, -0.25) is 4.79 Å². The molecule has 1 fully saturated rings. The first kappa shape index (κ1) is 23.0. The van der Waals surface area contributed by atoms with Gasteiger partial charge in [0.05, 0.1) is 4.90 Å². The number of aromatic hydroxyl groups is 1. The van der Waals surface area contributed by atoms with Gasteiger partial charge >= 0.3 is 0 Å². The fraction of sp³-hybridized carbons (Fsp3) is 0.480. The number of ketones is 1. The summed E-state index contributed by atoms with van der Waals surface area (Å²) in [6.45, 7) is 3.21. The molecule has 1 heterocycles. The summed E-state index contributed by atoms with van der Waals surface area (Å²) >= 11 is 0. The molecular weight excluding hydrogens is 424 g/mol. The number of carbonyl (C=O) groups excluding carboxylic acids is 1. The maximum Gasteiger partial charge on any atom is 0.238 e. The number of sulfonamides is 1. The number of piperidine rings is 1. The number of carbonyl (C=O) groups is 1. The lowest BCUT2D eigenvalue weighted by Gasteiger charge is -2.55. The number of likely N-dealkylation sites (N-methyl/N-ethyl adjacent to an activating group) is 1. The highest BCUT2D eigenvalue weighted by molar-refractivity contribution is 7.89. The molecule has 2 bridgehead atoms. The quantitative estimate of drug-likeness (QED) is 0.667. The van der Waals surface area contributed by atoms with Gasteiger partial charge in [-0.1, -0.05) is 25.1 Å². The lowest BCUT2D eigenvalue weighted by Crippen LogP contribution is -2.58. The van der Waals surface area contributed by atoms with Gasteiger partial charge < -0.3 is 10.0 Å². The number of fused-ring (bicyclic) bond motifs is 4. The van der Waals surface area contributed by atoms with Gasteiger partial charge in [0.2, 0.25) is 10.0 Å². The number of nitrogens with zero attached hydrogens (tertiary/aromatic N) is 1. The van der Waals surface area contributed by atoms with Crippen molar-refractivity contribution in [3.8, 4) is 5.75 Å². The Balaban J connectivity index is 1.46. The summed E-state index contributed by atoms with van der Waals surface area (Å²) in [7, 11) is -1.52. The molecule has 3 atom stereocenters. The van der Waals surface area contributed by atoms with Crippen LogP contribution in [0.25, 0.3) is 0 Å². The van der Waals surface area contributed by atoms with Crippen molar-refractivity contribution in [2.75, 3.05) is 13.6 Å². The molecule has 2 aromatic carbocycles. The Hall–Kier alpha value is -2.22. The number of aryl methyl sites for hydroxylation is 1. The first-order valence-electron chi connectivity index (χ1n) is 11.3. The summed E-state index contributed by atoms with van der Waals surface area (Å²) in [5, 5.41) is 15.3. The Kier molecular flexibility index (Phi) is 6.18. The fourth-order valence-electron chi connectivity index (χ4n) is 5.78. The molecule has 3 N–H and O–H groups in total. The van der Waals surface area contributed by atoms with Gasteiger partial charge in [0.1, 0.15) is 11.5 Å². The van der Waals surface area contributed by atoms with Gasteiger partial charge in [0.15, 0.2) is 0 Å². The molecule has 0 saturated carbocycles. The van der Waals surface area contributed by atoms with E-state index < -0.39 is 10.0 Å². The zero-order valence-electron chi connectivity index (χ0n) is 18.8. The van der Waals surface area contributed by atoms with Crippen molar-refractivity contribution in [1.82, 2.24) is 4.90 Å². The molecule has 1 aliphatic carbocycles. The molecule has 172 valence electrons. The molecule has 0 unspecified atom stereocenters. The van der Waals surface area contributed by atoms with Crippen LogP contribution in [0.1, 0.15) is 49.3 Å². The topological polar surface area (TPSA) is 101 Å². The van der Waals surface area contributed by atoms with Crippen molar-refractivity contribution in [1.29, 1.82) is 0 Å². The van der Waals surface area contributed by atoms with Gasteiger partial charge in [0, 0.05) is 24.3 Å². The van der Waals surface area contributed by atoms with Crippen molar-refractivity contribution in [2.45, 2.75) is 61.8 Å². The molecule has 7 heteroatoms. The zero-order valence-corrected chi connectivity index (χ0v) is 19.6. The number of hydrogen-bond acceptors (Lipinski definition) is 5. The van der Waals surface area contributed by atoms with Crippen LogP contribution in [0.4, 0.5) is 0 Å². The average molecular weight is 457 g/mol. The molecule has 32 heavy (non-hydrogen) atoms. The number of benzene rings is 2. The number of rotatable bonds is 7. The third-order valence-corrected chi connectivity index (χ3v) is 8.60. The second kappa shape index (κ2) is 8.61. The van der Waals surface area contributed by atoms with Crippen LogP contribution in [0.5, 0.6) is 5.75 Å². The predicted molar refractivity (Wildman–Crippen MR) is 124 cm³/mol. The molecular formula is C25H32N2O4S. The van der Waals surface area contributed by atoms with Crippen LogP contribution >= 0.6 is 0 Å². The van der Waals surface area contributed by atoms with E-state index in [1.807, 2.05) is 12.1 Å². The van der Waals surface area contributed by atoms with E-state index in [2.05, 4.69) is 18.9 Å². The largest absolute Gasteiger partial charge is 0.508 e. The third-order valence-electron chi connectivity index (χ3n) is 7.67. The van der Waals surface area contributed by atoms with Crippen LogP contribution in [0.2, 0.25) is 0 Å². The van der Waals surface area contributed by atoms with E-state index in [-0.39, 0.29) is 21.8 Å². The summed E-state index contributed by atoms with van der Waals surface area (Å²) in [6, 6.07) is 12.6. The lowest BCUT2D eigenvalue weighted by atomic mass is 9.56. The summed E-state index contributed by atoms with van der Waals surface area (Å²) in [5.41, 5.74) is 3.17. The first-order valence-corrected chi connectivity index (χ1v) is 12.8. The predicted octanol–water partition coefficient (Wildman–Crippen LogP) is 3.16. The van der Waals surface area contributed by atoms with E-state index >= 15 is 0 Å². The smallest absolute Gasteiger partial charge is 0.238 e. The van der Waals surface area contributed by atoms with Crippen LogP contribution in [0, 0.1) is 5.92 Å². The molecule has 2 aromatic rings. The Labute approximate surface area is 190 Å². The summed E-state index contributed by atoms with van der Waals surface area (Å²) in [6.07, 6.45) is 4.28. The zero-order chi connectivity index (χ0) is 23.1. The van der Waals surface area contributed by atoms with Crippen molar-refractivity contribution in [3.05, 3.63) is 59.2 Å². The van der Waals surface area contributed by atoms with Crippen LogP contribution in [0.15, 0.2) is 47.4 Å². The highest BCUT2D eigenvalue weighted by Crippen LogP contribution is 2.51. The van der Waals surface area contributed by atoms with Crippen LogP contribution in [-0.4, -0.2) is 43.8 Å². The van der Waals surface area contributed by atoms with Crippen molar-refractivity contribution < 1.29 is 18.3 Å². The number of hydrogen-bond donors (Lipinski definition) is 2. The summed E-state index contributed by atoms with van der Waals surface area (Å²) in [4.78, 5) is 15.6. The maximum absolute atomic E-state index is 13.1. The average Bonchev–Trinajstić information content (AvgIpc) is 2.73. The normalized spacial score (nSPS) is 25.3. The van der Waals surface area contributed by atoms with E-state index in [0.29, 0.717) is 37.6 Å². The fourth-order valence-corrected chi connectivity index (χ4v) is 6.30. The van der Waals surface area contributed by atoms with Crippen molar-refractivity contribution in [2.24, 2.45) is 11.1 Å². The minimum Gasteiger partial charge on any atom is -0.508 e. The minimum atomic E-state index is -3.69. The highest BCUT2D eigenvalue weighted by atomic mass is 32.2. The van der Waals surface area contributed by atoms with Gasteiger partial charge in [-0.15, -0.1) is 0 Å². The SMILES string of the molecule is C[C@H]1[C@H]2Cc3ccc(O)cc3[C@@]1(CC(=O)CCCc1ccc(S(N)(=O)=O)cc1)CCN2C. The molecule has 0 radical (unpaired) electrons. The van der Waals surface area contributed by atoms with Crippen molar-refractivity contribution >= 4 is 15.8 Å². The Bertz CT molecular complexity index is 1110. The third kappa shape index (κ3) is 4.34. The van der Waals surface area contributed by atoms with Gasteiger partial charge in [-0.05, 0) is 86.1 Å². The second-order valence-corrected chi connectivity index (χ2v) is 11.1. The molecule has 6 nitrogen and oxygen atoms in total. The first-order chi connectivity index (χ1) is 15.1. The molecule has 1 aliphatic heterocycles. The van der Waals surface area contributed by atoms with E-state index in [1.54, 1.807) is 18.2 Å². The Morgan fingerprint density at radius 3 is 2.62 bits per heavy atom. The van der Waals surface area contributed by atoms with E-state index in [4.69, 9.17) is 5.14 Å². The highest BCUT2D eigenvalue weighted by Gasteiger charge is 2.51. The Morgan fingerprint density at radius 1 is 1.22 bits per heavy atom.